The number of halogens is 2. The zero-order valence-corrected chi connectivity index (χ0v) is 17.9. The number of carbonyl (C=O) groups excluding carboxylic acids is 1. The highest BCUT2D eigenvalue weighted by atomic mass is 35.5. The van der Waals surface area contributed by atoms with Crippen LogP contribution >= 0.6 is 23.2 Å². The van der Waals surface area contributed by atoms with Crippen LogP contribution in [0.3, 0.4) is 0 Å². The first-order valence-corrected chi connectivity index (χ1v) is 10.3. The molecule has 3 rings (SSSR count). The van der Waals surface area contributed by atoms with Gasteiger partial charge in [0.1, 0.15) is 30.8 Å². The third kappa shape index (κ3) is 6.26. The zero-order valence-electron chi connectivity index (χ0n) is 16.4. The second-order valence-electron chi connectivity index (χ2n) is 7.38. The van der Waals surface area contributed by atoms with Crippen molar-refractivity contribution < 1.29 is 23.7 Å². The summed E-state index contributed by atoms with van der Waals surface area (Å²) >= 11 is 11.0. The molecule has 1 aliphatic rings. The predicted molar refractivity (Wildman–Crippen MR) is 113 cm³/mol. The van der Waals surface area contributed by atoms with Crippen LogP contribution in [0.15, 0.2) is 48.5 Å². The van der Waals surface area contributed by atoms with Gasteiger partial charge in [-0.3, -0.25) is 0 Å². The Bertz CT molecular complexity index is 801. The highest BCUT2D eigenvalue weighted by molar-refractivity contribution is 6.61. The van der Waals surface area contributed by atoms with Gasteiger partial charge in [-0.1, -0.05) is 38.1 Å². The van der Waals surface area contributed by atoms with Crippen molar-refractivity contribution in [1.29, 1.82) is 0 Å². The van der Waals surface area contributed by atoms with Crippen molar-refractivity contribution in [3.8, 4) is 11.5 Å². The molecule has 2 unspecified atom stereocenters. The van der Waals surface area contributed by atoms with Crippen LogP contribution in [0.2, 0.25) is 0 Å². The standard InChI is InChI=1S/C22H24Cl2O5/c1-22(2,16-5-9-18(10-6-16)27-13-20-14-28-20)15-3-7-17(8-4-15)26-12-19(11-23)29-21(24)25/h3-10,19-20H,11-14H2,1-2H3. The van der Waals surface area contributed by atoms with E-state index in [0.717, 1.165) is 17.9 Å². The highest BCUT2D eigenvalue weighted by Crippen LogP contribution is 2.33. The quantitative estimate of drug-likeness (QED) is 0.291. The van der Waals surface area contributed by atoms with Crippen molar-refractivity contribution in [2.24, 2.45) is 0 Å². The monoisotopic (exact) mass is 438 g/mol. The lowest BCUT2D eigenvalue weighted by Crippen LogP contribution is -2.24. The van der Waals surface area contributed by atoms with E-state index in [2.05, 4.69) is 26.0 Å². The summed E-state index contributed by atoms with van der Waals surface area (Å²) in [7, 11) is 0. The Kier molecular flexibility index (Phi) is 7.28. The first-order chi connectivity index (χ1) is 13.9. The summed E-state index contributed by atoms with van der Waals surface area (Å²) in [5, 5.41) is 0. The van der Waals surface area contributed by atoms with Crippen molar-refractivity contribution in [3.05, 3.63) is 59.7 Å². The summed E-state index contributed by atoms with van der Waals surface area (Å²) in [6, 6.07) is 16.0. The maximum Gasteiger partial charge on any atom is 0.404 e. The molecule has 0 aliphatic carbocycles. The number of benzene rings is 2. The first kappa shape index (κ1) is 21.8. The van der Waals surface area contributed by atoms with Crippen LogP contribution in [0.5, 0.6) is 11.5 Å². The van der Waals surface area contributed by atoms with E-state index < -0.39 is 11.5 Å². The lowest BCUT2D eigenvalue weighted by Gasteiger charge is -2.26. The van der Waals surface area contributed by atoms with E-state index >= 15 is 0 Å². The number of carbonyl (C=O) groups is 1. The second-order valence-corrected chi connectivity index (χ2v) is 8.00. The Morgan fingerprint density at radius 2 is 1.59 bits per heavy atom. The molecule has 2 atom stereocenters. The fourth-order valence-electron chi connectivity index (χ4n) is 2.89. The number of rotatable bonds is 10. The average molecular weight is 439 g/mol. The van der Waals surface area contributed by atoms with Gasteiger partial charge in [0.2, 0.25) is 0 Å². The summed E-state index contributed by atoms with van der Waals surface area (Å²) in [5.41, 5.74) is 1.24. The molecule has 29 heavy (non-hydrogen) atoms. The van der Waals surface area contributed by atoms with Gasteiger partial charge in [-0.05, 0) is 35.4 Å². The highest BCUT2D eigenvalue weighted by Gasteiger charge is 2.25. The van der Waals surface area contributed by atoms with Gasteiger partial charge in [-0.25, -0.2) is 4.79 Å². The molecule has 1 heterocycles. The summed E-state index contributed by atoms with van der Waals surface area (Å²) in [4.78, 5) is 10.8. The van der Waals surface area contributed by atoms with Crippen LogP contribution in [0.4, 0.5) is 4.79 Å². The fraction of sp³-hybridized carbons (Fsp3) is 0.409. The lowest BCUT2D eigenvalue weighted by atomic mass is 9.78. The van der Waals surface area contributed by atoms with Crippen LogP contribution in [-0.2, 0) is 14.9 Å². The van der Waals surface area contributed by atoms with Gasteiger partial charge in [-0.2, -0.15) is 0 Å². The van der Waals surface area contributed by atoms with Crippen LogP contribution in [0, 0.1) is 0 Å². The van der Waals surface area contributed by atoms with Crippen molar-refractivity contribution in [2.45, 2.75) is 31.5 Å². The third-order valence-electron chi connectivity index (χ3n) is 4.86. The predicted octanol–water partition coefficient (Wildman–Crippen LogP) is 5.15. The Morgan fingerprint density at radius 1 is 1.07 bits per heavy atom. The summed E-state index contributed by atoms with van der Waals surface area (Å²) < 4.78 is 21.4. The minimum Gasteiger partial charge on any atom is -0.491 e. The Hall–Kier alpha value is -1.95. The molecule has 0 aromatic heterocycles. The Balaban J connectivity index is 1.60. The number of hydrogen-bond donors (Lipinski definition) is 0. The molecule has 2 aromatic rings. The molecule has 7 heteroatoms. The SMILES string of the molecule is CC(C)(c1ccc(OCC2CO2)cc1)c1ccc(OCC(CCl)OC(=O)Cl)cc1. The van der Waals surface area contributed by atoms with Crippen molar-refractivity contribution in [1.82, 2.24) is 0 Å². The van der Waals surface area contributed by atoms with Gasteiger partial charge in [-0.15, -0.1) is 11.6 Å². The van der Waals surface area contributed by atoms with E-state index in [9.17, 15) is 4.79 Å². The maximum absolute atomic E-state index is 10.8. The molecule has 5 nitrogen and oxygen atoms in total. The first-order valence-electron chi connectivity index (χ1n) is 9.39. The van der Waals surface area contributed by atoms with E-state index in [1.165, 1.54) is 5.56 Å². The van der Waals surface area contributed by atoms with Crippen LogP contribution in [0.1, 0.15) is 25.0 Å². The topological polar surface area (TPSA) is 57.3 Å². The largest absolute Gasteiger partial charge is 0.491 e. The molecule has 1 saturated heterocycles. The molecule has 0 saturated carbocycles. The summed E-state index contributed by atoms with van der Waals surface area (Å²) in [5.74, 6) is 1.61. The molecule has 0 spiro atoms. The van der Waals surface area contributed by atoms with Gasteiger partial charge in [0, 0.05) is 17.0 Å². The number of ether oxygens (including phenoxy) is 4. The normalized spacial score (nSPS) is 16.8. The molecule has 1 aliphatic heterocycles. The number of alkyl halides is 1. The van der Waals surface area contributed by atoms with Crippen molar-refractivity contribution in [2.75, 3.05) is 25.7 Å². The maximum atomic E-state index is 10.8. The van der Waals surface area contributed by atoms with Crippen LogP contribution in [0.25, 0.3) is 0 Å². The molecule has 0 N–H and O–H groups in total. The van der Waals surface area contributed by atoms with Crippen molar-refractivity contribution in [3.63, 3.8) is 0 Å². The van der Waals surface area contributed by atoms with Gasteiger partial charge in [0.25, 0.3) is 0 Å². The molecule has 1 fully saturated rings. The Morgan fingerprint density at radius 3 is 2.03 bits per heavy atom. The van der Waals surface area contributed by atoms with Gasteiger partial charge in [0.15, 0.2) is 6.10 Å². The van der Waals surface area contributed by atoms with Crippen molar-refractivity contribution >= 4 is 28.6 Å². The average Bonchev–Trinajstić information content (AvgIpc) is 3.54. The Labute approximate surface area is 180 Å². The molecule has 0 bridgehead atoms. The minimum absolute atomic E-state index is 0.108. The smallest absolute Gasteiger partial charge is 0.404 e. The van der Waals surface area contributed by atoms with E-state index in [-0.39, 0.29) is 24.0 Å². The van der Waals surface area contributed by atoms with Crippen LogP contribution in [-0.4, -0.2) is 43.3 Å². The zero-order chi connectivity index (χ0) is 20.9. The molecule has 0 amide bonds. The molecule has 156 valence electrons. The van der Waals surface area contributed by atoms with Gasteiger partial charge >= 0.3 is 5.43 Å². The van der Waals surface area contributed by atoms with E-state index in [1.807, 2.05) is 36.4 Å². The fourth-order valence-corrected chi connectivity index (χ4v) is 3.16. The molecular formula is C22H24Cl2O5. The summed E-state index contributed by atoms with van der Waals surface area (Å²) in [6.45, 7) is 5.85. The third-order valence-corrected chi connectivity index (χ3v) is 5.29. The van der Waals surface area contributed by atoms with E-state index in [4.69, 9.17) is 42.1 Å². The number of epoxide rings is 1. The molecule has 0 radical (unpaired) electrons. The minimum atomic E-state index is -0.895. The van der Waals surface area contributed by atoms with E-state index in [0.29, 0.717) is 12.4 Å². The molecular weight excluding hydrogens is 415 g/mol. The van der Waals surface area contributed by atoms with E-state index in [1.54, 1.807) is 0 Å². The van der Waals surface area contributed by atoms with Gasteiger partial charge < -0.3 is 18.9 Å². The molecule has 2 aromatic carbocycles. The van der Waals surface area contributed by atoms with Gasteiger partial charge in [0.05, 0.1) is 12.5 Å². The van der Waals surface area contributed by atoms with Crippen LogP contribution < -0.4 is 9.47 Å². The number of hydrogen-bond acceptors (Lipinski definition) is 5. The lowest BCUT2D eigenvalue weighted by molar-refractivity contribution is 0.0956. The second kappa shape index (κ2) is 9.70. The summed E-state index contributed by atoms with van der Waals surface area (Å²) in [6.07, 6.45) is -0.349.